The molecule has 2 atom stereocenters. The van der Waals surface area contributed by atoms with E-state index in [-0.39, 0.29) is 12.6 Å². The van der Waals surface area contributed by atoms with Crippen LogP contribution in [0.15, 0.2) is 6.33 Å². The fourth-order valence-corrected chi connectivity index (χ4v) is 2.02. The van der Waals surface area contributed by atoms with Crippen LogP contribution in [0.4, 0.5) is 0 Å². The quantitative estimate of drug-likeness (QED) is 0.753. The third kappa shape index (κ3) is 2.45. The number of aromatic nitrogens is 3. The number of carboxylic acid groups (broad SMARTS) is 1. The van der Waals surface area contributed by atoms with Gasteiger partial charge in [-0.15, -0.1) is 0 Å². The molecule has 1 aliphatic heterocycles. The maximum absolute atomic E-state index is 11.0. The molecule has 1 saturated heterocycles. The Kier molecular flexibility index (Phi) is 3.39. The van der Waals surface area contributed by atoms with Crippen LogP contribution in [0.1, 0.15) is 5.82 Å². The SMILES string of the molecule is CN(Cc1ncnn1C)C1COCC1C(=O)O. The number of carbonyl (C=O) groups is 1. The molecule has 0 aliphatic carbocycles. The first-order chi connectivity index (χ1) is 8.09. The van der Waals surface area contributed by atoms with Gasteiger partial charge in [0.05, 0.1) is 25.7 Å². The first kappa shape index (κ1) is 12.0. The van der Waals surface area contributed by atoms with Gasteiger partial charge < -0.3 is 9.84 Å². The number of aliphatic carboxylic acids is 1. The van der Waals surface area contributed by atoms with Gasteiger partial charge in [-0.2, -0.15) is 5.10 Å². The van der Waals surface area contributed by atoms with Crippen molar-refractivity contribution in [3.63, 3.8) is 0 Å². The lowest BCUT2D eigenvalue weighted by Crippen LogP contribution is -2.40. The summed E-state index contributed by atoms with van der Waals surface area (Å²) in [6.07, 6.45) is 1.49. The van der Waals surface area contributed by atoms with E-state index < -0.39 is 11.9 Å². The fraction of sp³-hybridized carbons (Fsp3) is 0.700. The molecule has 2 heterocycles. The van der Waals surface area contributed by atoms with Crippen molar-refractivity contribution in [1.29, 1.82) is 0 Å². The Labute approximate surface area is 99.0 Å². The molecular formula is C10H16N4O3. The van der Waals surface area contributed by atoms with E-state index in [1.54, 1.807) is 4.68 Å². The van der Waals surface area contributed by atoms with E-state index in [4.69, 9.17) is 9.84 Å². The van der Waals surface area contributed by atoms with Crippen molar-refractivity contribution in [2.75, 3.05) is 20.3 Å². The van der Waals surface area contributed by atoms with E-state index in [0.29, 0.717) is 13.2 Å². The molecule has 17 heavy (non-hydrogen) atoms. The van der Waals surface area contributed by atoms with E-state index in [0.717, 1.165) is 5.82 Å². The number of hydrogen-bond acceptors (Lipinski definition) is 5. The van der Waals surface area contributed by atoms with Crippen LogP contribution in [-0.2, 0) is 23.1 Å². The topological polar surface area (TPSA) is 80.5 Å². The lowest BCUT2D eigenvalue weighted by molar-refractivity contribution is -0.143. The number of likely N-dealkylation sites (N-methyl/N-ethyl adjacent to an activating group) is 1. The Bertz CT molecular complexity index is 406. The molecule has 1 aliphatic rings. The smallest absolute Gasteiger partial charge is 0.310 e. The van der Waals surface area contributed by atoms with Crippen LogP contribution in [0.5, 0.6) is 0 Å². The summed E-state index contributed by atoms with van der Waals surface area (Å²) in [5.41, 5.74) is 0. The molecule has 1 fully saturated rings. The summed E-state index contributed by atoms with van der Waals surface area (Å²) in [5.74, 6) is -0.464. The lowest BCUT2D eigenvalue weighted by Gasteiger charge is -2.25. The standard InChI is InChI=1S/C10H16N4O3/c1-13(3-9-11-6-12-14(9)2)8-5-17-4-7(8)10(15)16/h6-8H,3-5H2,1-2H3,(H,15,16). The van der Waals surface area contributed by atoms with Crippen molar-refractivity contribution in [2.45, 2.75) is 12.6 Å². The number of ether oxygens (including phenoxy) is 1. The van der Waals surface area contributed by atoms with Gasteiger partial charge in [0.1, 0.15) is 12.2 Å². The fourth-order valence-electron chi connectivity index (χ4n) is 2.02. The van der Waals surface area contributed by atoms with Crippen molar-refractivity contribution in [3.05, 3.63) is 12.2 Å². The molecule has 0 amide bonds. The summed E-state index contributed by atoms with van der Waals surface area (Å²) >= 11 is 0. The van der Waals surface area contributed by atoms with Gasteiger partial charge >= 0.3 is 5.97 Å². The van der Waals surface area contributed by atoms with Crippen LogP contribution in [0.3, 0.4) is 0 Å². The molecule has 0 aromatic carbocycles. The minimum absolute atomic E-state index is 0.107. The second-order valence-corrected chi connectivity index (χ2v) is 4.26. The molecule has 7 nitrogen and oxygen atoms in total. The first-order valence-corrected chi connectivity index (χ1v) is 5.43. The summed E-state index contributed by atoms with van der Waals surface area (Å²) in [7, 11) is 3.69. The number of carboxylic acids is 1. The molecule has 2 rings (SSSR count). The Morgan fingerprint density at radius 3 is 3.06 bits per heavy atom. The van der Waals surface area contributed by atoms with Crippen molar-refractivity contribution < 1.29 is 14.6 Å². The molecule has 1 aromatic heterocycles. The average Bonchev–Trinajstić information content (AvgIpc) is 2.87. The average molecular weight is 240 g/mol. The van der Waals surface area contributed by atoms with Crippen LogP contribution in [0.2, 0.25) is 0 Å². The molecule has 1 aromatic rings. The van der Waals surface area contributed by atoms with E-state index >= 15 is 0 Å². The van der Waals surface area contributed by atoms with Crippen molar-refractivity contribution >= 4 is 5.97 Å². The van der Waals surface area contributed by atoms with Gasteiger partial charge in [-0.25, -0.2) is 4.98 Å². The highest BCUT2D eigenvalue weighted by Crippen LogP contribution is 2.20. The van der Waals surface area contributed by atoms with Gasteiger partial charge in [-0.05, 0) is 7.05 Å². The van der Waals surface area contributed by atoms with Crippen molar-refractivity contribution in [1.82, 2.24) is 19.7 Å². The van der Waals surface area contributed by atoms with Gasteiger partial charge in [0.15, 0.2) is 0 Å². The third-order valence-electron chi connectivity index (χ3n) is 3.13. The van der Waals surface area contributed by atoms with Gasteiger partial charge in [-0.1, -0.05) is 0 Å². The summed E-state index contributed by atoms with van der Waals surface area (Å²) in [6, 6.07) is -0.107. The minimum Gasteiger partial charge on any atom is -0.481 e. The predicted molar refractivity (Wildman–Crippen MR) is 58.2 cm³/mol. The van der Waals surface area contributed by atoms with E-state index in [2.05, 4.69) is 10.1 Å². The Morgan fingerprint density at radius 1 is 1.71 bits per heavy atom. The summed E-state index contributed by atoms with van der Waals surface area (Å²) in [5, 5.41) is 13.1. The Balaban J connectivity index is 2.02. The number of hydrogen-bond donors (Lipinski definition) is 1. The van der Waals surface area contributed by atoms with Gasteiger partial charge in [-0.3, -0.25) is 14.4 Å². The van der Waals surface area contributed by atoms with Crippen molar-refractivity contribution in [3.8, 4) is 0 Å². The molecule has 94 valence electrons. The van der Waals surface area contributed by atoms with Crippen LogP contribution in [0, 0.1) is 5.92 Å². The number of nitrogens with zero attached hydrogens (tertiary/aromatic N) is 4. The van der Waals surface area contributed by atoms with E-state index in [1.807, 2.05) is 19.0 Å². The maximum atomic E-state index is 11.0. The molecule has 7 heteroatoms. The molecule has 0 radical (unpaired) electrons. The highest BCUT2D eigenvalue weighted by atomic mass is 16.5. The Morgan fingerprint density at radius 2 is 2.47 bits per heavy atom. The zero-order valence-electron chi connectivity index (χ0n) is 9.91. The predicted octanol–water partition coefficient (Wildman–Crippen LogP) is -0.653. The van der Waals surface area contributed by atoms with Gasteiger partial charge in [0, 0.05) is 13.1 Å². The minimum atomic E-state index is -0.808. The summed E-state index contributed by atoms with van der Waals surface area (Å²) in [6.45, 7) is 1.29. The lowest BCUT2D eigenvalue weighted by atomic mass is 10.0. The largest absolute Gasteiger partial charge is 0.481 e. The highest BCUT2D eigenvalue weighted by molar-refractivity contribution is 5.71. The first-order valence-electron chi connectivity index (χ1n) is 5.43. The monoisotopic (exact) mass is 240 g/mol. The van der Waals surface area contributed by atoms with Crippen LogP contribution < -0.4 is 0 Å². The third-order valence-corrected chi connectivity index (χ3v) is 3.13. The second-order valence-electron chi connectivity index (χ2n) is 4.26. The zero-order chi connectivity index (χ0) is 12.4. The molecule has 0 spiro atoms. The van der Waals surface area contributed by atoms with E-state index in [1.165, 1.54) is 6.33 Å². The summed E-state index contributed by atoms with van der Waals surface area (Å²) < 4.78 is 6.92. The van der Waals surface area contributed by atoms with E-state index in [9.17, 15) is 4.79 Å². The molecule has 0 bridgehead atoms. The molecule has 1 N–H and O–H groups in total. The molecular weight excluding hydrogens is 224 g/mol. The van der Waals surface area contributed by atoms with Crippen LogP contribution in [-0.4, -0.2) is 57.0 Å². The van der Waals surface area contributed by atoms with Crippen molar-refractivity contribution in [2.24, 2.45) is 13.0 Å². The normalized spacial score (nSPS) is 24.4. The van der Waals surface area contributed by atoms with Gasteiger partial charge in [0.2, 0.25) is 0 Å². The van der Waals surface area contributed by atoms with Crippen LogP contribution in [0.25, 0.3) is 0 Å². The zero-order valence-corrected chi connectivity index (χ0v) is 9.91. The number of rotatable bonds is 4. The van der Waals surface area contributed by atoms with Crippen LogP contribution >= 0.6 is 0 Å². The molecule has 0 saturated carbocycles. The van der Waals surface area contributed by atoms with Gasteiger partial charge in [0.25, 0.3) is 0 Å². The summed E-state index contributed by atoms with van der Waals surface area (Å²) in [4.78, 5) is 17.1. The second kappa shape index (κ2) is 4.80. The molecule has 2 unspecified atom stereocenters. The maximum Gasteiger partial charge on any atom is 0.310 e. The highest BCUT2D eigenvalue weighted by Gasteiger charge is 2.36. The Hall–Kier alpha value is -1.47. The number of aryl methyl sites for hydroxylation is 1.